The molecule has 0 unspecified atom stereocenters. The number of aromatic nitrogens is 1. The SMILES string of the molecule is CN(C)C(=O)c1cc(Br)cnc1N1CC[C@@H](NC2CCCCC2)[C@H](O)C1. The van der Waals surface area contributed by atoms with Crippen LogP contribution in [0.1, 0.15) is 48.9 Å². The number of anilines is 1. The van der Waals surface area contributed by atoms with Crippen molar-refractivity contribution in [3.8, 4) is 0 Å². The molecule has 2 heterocycles. The summed E-state index contributed by atoms with van der Waals surface area (Å²) in [6.07, 6.45) is 8.42. The summed E-state index contributed by atoms with van der Waals surface area (Å²) in [5, 5.41) is 14.4. The van der Waals surface area contributed by atoms with Gasteiger partial charge in [0.15, 0.2) is 0 Å². The molecular weight excluding hydrogens is 396 g/mol. The van der Waals surface area contributed by atoms with Gasteiger partial charge in [0.1, 0.15) is 5.82 Å². The minimum absolute atomic E-state index is 0.0780. The molecule has 2 atom stereocenters. The molecule has 6 nitrogen and oxygen atoms in total. The van der Waals surface area contributed by atoms with Gasteiger partial charge in [0.25, 0.3) is 5.91 Å². The third-order valence-corrected chi connectivity index (χ3v) is 5.84. The minimum atomic E-state index is -0.460. The van der Waals surface area contributed by atoms with Gasteiger partial charge in [0, 0.05) is 49.9 Å². The number of aliphatic hydroxyl groups excluding tert-OH is 1. The smallest absolute Gasteiger partial charge is 0.257 e. The van der Waals surface area contributed by atoms with E-state index >= 15 is 0 Å². The highest BCUT2D eigenvalue weighted by Crippen LogP contribution is 2.27. The van der Waals surface area contributed by atoms with Gasteiger partial charge in [-0.3, -0.25) is 4.79 Å². The molecule has 0 radical (unpaired) electrons. The van der Waals surface area contributed by atoms with E-state index in [0.29, 0.717) is 24.0 Å². The largest absolute Gasteiger partial charge is 0.390 e. The van der Waals surface area contributed by atoms with E-state index in [-0.39, 0.29) is 11.9 Å². The topological polar surface area (TPSA) is 68.7 Å². The Morgan fingerprint density at radius 3 is 2.69 bits per heavy atom. The molecule has 144 valence electrons. The number of β-amino-alcohol motifs (C(OH)–C–C–N with tert-alkyl or cyclic N) is 1. The van der Waals surface area contributed by atoms with Crippen molar-refractivity contribution in [1.82, 2.24) is 15.2 Å². The number of amides is 1. The molecular formula is C19H29BrN4O2. The monoisotopic (exact) mass is 424 g/mol. The Labute approximate surface area is 164 Å². The first-order chi connectivity index (χ1) is 12.5. The summed E-state index contributed by atoms with van der Waals surface area (Å²) in [7, 11) is 3.48. The lowest BCUT2D eigenvalue weighted by Crippen LogP contribution is -2.55. The number of nitrogens with zero attached hydrogens (tertiary/aromatic N) is 3. The molecule has 1 saturated heterocycles. The number of halogens is 1. The van der Waals surface area contributed by atoms with Crippen molar-refractivity contribution in [2.45, 2.75) is 56.7 Å². The molecule has 7 heteroatoms. The van der Waals surface area contributed by atoms with E-state index in [2.05, 4.69) is 26.2 Å². The molecule has 3 rings (SSSR count). The van der Waals surface area contributed by atoms with Crippen LogP contribution in [0.15, 0.2) is 16.7 Å². The van der Waals surface area contributed by atoms with Gasteiger partial charge < -0.3 is 20.2 Å². The Hall–Kier alpha value is -1.18. The van der Waals surface area contributed by atoms with Crippen LogP contribution < -0.4 is 10.2 Å². The maximum Gasteiger partial charge on any atom is 0.257 e. The van der Waals surface area contributed by atoms with Crippen LogP contribution in [-0.2, 0) is 0 Å². The number of piperidine rings is 1. The van der Waals surface area contributed by atoms with E-state index in [1.165, 1.54) is 32.1 Å². The third-order valence-electron chi connectivity index (χ3n) is 5.41. The molecule has 0 bridgehead atoms. The van der Waals surface area contributed by atoms with Crippen LogP contribution in [-0.4, -0.2) is 66.3 Å². The maximum absolute atomic E-state index is 12.5. The summed E-state index contributed by atoms with van der Waals surface area (Å²) in [5.74, 6) is 0.577. The van der Waals surface area contributed by atoms with Gasteiger partial charge in [-0.05, 0) is 41.3 Å². The second-order valence-corrected chi connectivity index (χ2v) is 8.55. The molecule has 1 aliphatic heterocycles. The van der Waals surface area contributed by atoms with E-state index in [1.807, 2.05) is 11.0 Å². The van der Waals surface area contributed by atoms with Gasteiger partial charge >= 0.3 is 0 Å². The van der Waals surface area contributed by atoms with Gasteiger partial charge in [0.2, 0.25) is 0 Å². The Balaban J connectivity index is 1.69. The highest BCUT2D eigenvalue weighted by Gasteiger charge is 2.32. The molecule has 0 aromatic carbocycles. The summed E-state index contributed by atoms with van der Waals surface area (Å²) < 4.78 is 0.779. The number of nitrogens with one attached hydrogen (secondary N) is 1. The normalized spacial score (nSPS) is 24.5. The summed E-state index contributed by atoms with van der Waals surface area (Å²) in [6.45, 7) is 1.27. The van der Waals surface area contributed by atoms with E-state index < -0.39 is 6.10 Å². The summed E-state index contributed by atoms with van der Waals surface area (Å²) in [5.41, 5.74) is 0.565. The second kappa shape index (κ2) is 8.67. The van der Waals surface area contributed by atoms with Gasteiger partial charge in [0.05, 0.1) is 11.7 Å². The van der Waals surface area contributed by atoms with E-state index in [1.54, 1.807) is 25.2 Å². The Kier molecular flexibility index (Phi) is 6.53. The molecule has 2 aliphatic rings. The summed E-state index contributed by atoms with van der Waals surface area (Å²) in [6, 6.07) is 2.47. The van der Waals surface area contributed by atoms with Gasteiger partial charge in [-0.25, -0.2) is 4.98 Å². The number of rotatable bonds is 4. The van der Waals surface area contributed by atoms with E-state index in [0.717, 1.165) is 17.4 Å². The number of hydrogen-bond acceptors (Lipinski definition) is 5. The van der Waals surface area contributed by atoms with Crippen LogP contribution in [0.25, 0.3) is 0 Å². The van der Waals surface area contributed by atoms with Crippen LogP contribution in [0.4, 0.5) is 5.82 Å². The zero-order valence-corrected chi connectivity index (χ0v) is 17.2. The molecule has 2 fully saturated rings. The van der Waals surface area contributed by atoms with E-state index in [4.69, 9.17) is 0 Å². The van der Waals surface area contributed by atoms with Crippen molar-refractivity contribution in [3.05, 3.63) is 22.3 Å². The fourth-order valence-corrected chi connectivity index (χ4v) is 4.30. The van der Waals surface area contributed by atoms with Crippen LogP contribution in [0.3, 0.4) is 0 Å². The predicted molar refractivity (Wildman–Crippen MR) is 107 cm³/mol. The van der Waals surface area contributed by atoms with Crippen LogP contribution in [0, 0.1) is 0 Å². The molecule has 0 spiro atoms. The van der Waals surface area contributed by atoms with Crippen molar-refractivity contribution in [3.63, 3.8) is 0 Å². The van der Waals surface area contributed by atoms with Crippen molar-refractivity contribution < 1.29 is 9.90 Å². The first-order valence-electron chi connectivity index (χ1n) is 9.52. The first-order valence-corrected chi connectivity index (χ1v) is 10.3. The lowest BCUT2D eigenvalue weighted by Gasteiger charge is -2.40. The number of aliphatic hydroxyl groups is 1. The number of hydrogen-bond donors (Lipinski definition) is 2. The number of pyridine rings is 1. The number of carbonyl (C=O) groups excluding carboxylic acids is 1. The van der Waals surface area contributed by atoms with Crippen LogP contribution in [0.5, 0.6) is 0 Å². The molecule has 26 heavy (non-hydrogen) atoms. The fourth-order valence-electron chi connectivity index (χ4n) is 3.97. The first kappa shape index (κ1) is 19.6. The van der Waals surface area contributed by atoms with Crippen molar-refractivity contribution >= 4 is 27.7 Å². The average molecular weight is 425 g/mol. The average Bonchev–Trinajstić information content (AvgIpc) is 2.63. The zero-order valence-electron chi connectivity index (χ0n) is 15.6. The summed E-state index contributed by atoms with van der Waals surface area (Å²) >= 11 is 3.40. The summed E-state index contributed by atoms with van der Waals surface area (Å²) in [4.78, 5) is 20.6. The van der Waals surface area contributed by atoms with Gasteiger partial charge in [-0.15, -0.1) is 0 Å². The van der Waals surface area contributed by atoms with Crippen molar-refractivity contribution in [2.24, 2.45) is 0 Å². The maximum atomic E-state index is 12.5. The molecule has 1 aromatic rings. The Bertz CT molecular complexity index is 634. The Morgan fingerprint density at radius 1 is 1.31 bits per heavy atom. The fraction of sp³-hybridized carbons (Fsp3) is 0.684. The van der Waals surface area contributed by atoms with Crippen LogP contribution >= 0.6 is 15.9 Å². The lowest BCUT2D eigenvalue weighted by molar-refractivity contribution is 0.0825. The number of carbonyl (C=O) groups is 1. The Morgan fingerprint density at radius 2 is 2.04 bits per heavy atom. The quantitative estimate of drug-likeness (QED) is 0.776. The highest BCUT2D eigenvalue weighted by molar-refractivity contribution is 9.10. The molecule has 1 aromatic heterocycles. The van der Waals surface area contributed by atoms with Crippen molar-refractivity contribution in [2.75, 3.05) is 32.1 Å². The minimum Gasteiger partial charge on any atom is -0.390 e. The third kappa shape index (κ3) is 4.56. The molecule has 2 N–H and O–H groups in total. The van der Waals surface area contributed by atoms with E-state index in [9.17, 15) is 9.90 Å². The van der Waals surface area contributed by atoms with Gasteiger partial charge in [-0.1, -0.05) is 19.3 Å². The lowest BCUT2D eigenvalue weighted by atomic mass is 9.92. The molecule has 1 amide bonds. The second-order valence-electron chi connectivity index (χ2n) is 7.63. The zero-order chi connectivity index (χ0) is 18.7. The highest BCUT2D eigenvalue weighted by atomic mass is 79.9. The van der Waals surface area contributed by atoms with Crippen LogP contribution in [0.2, 0.25) is 0 Å². The molecule has 1 aliphatic carbocycles. The van der Waals surface area contributed by atoms with Gasteiger partial charge in [-0.2, -0.15) is 0 Å². The standard InChI is InChI=1S/C19H29BrN4O2/c1-23(2)19(26)15-10-13(20)11-21-18(15)24-9-8-16(17(25)12-24)22-14-6-4-3-5-7-14/h10-11,14,16-17,22,25H,3-9,12H2,1-2H3/t16-,17-/m1/s1. The van der Waals surface area contributed by atoms with Crippen molar-refractivity contribution in [1.29, 1.82) is 0 Å². The molecule has 1 saturated carbocycles. The predicted octanol–water partition coefficient (Wildman–Crippen LogP) is 2.41.